The molecule has 1 aromatic carbocycles. The van der Waals surface area contributed by atoms with Crippen molar-refractivity contribution in [2.75, 3.05) is 33.1 Å². The molecule has 0 radical (unpaired) electrons. The van der Waals surface area contributed by atoms with Crippen LogP contribution in [-0.2, 0) is 12.8 Å². The summed E-state index contributed by atoms with van der Waals surface area (Å²) in [5, 5.41) is 2.75. The maximum absolute atomic E-state index is 6.56. The molecule has 2 aromatic rings. The molecule has 4 aliphatic carbocycles. The summed E-state index contributed by atoms with van der Waals surface area (Å²) in [5.41, 5.74) is 15.8. The van der Waals surface area contributed by atoms with Crippen molar-refractivity contribution in [2.24, 2.45) is 23.2 Å². The van der Waals surface area contributed by atoms with E-state index in [1.54, 1.807) is 0 Å². The summed E-state index contributed by atoms with van der Waals surface area (Å²) in [6.07, 6.45) is 9.84. The lowest BCUT2D eigenvalue weighted by Crippen LogP contribution is -2.42. The van der Waals surface area contributed by atoms with Gasteiger partial charge in [0.1, 0.15) is 11.5 Å². The van der Waals surface area contributed by atoms with Crippen LogP contribution < -0.4 is 10.2 Å². The van der Waals surface area contributed by atoms with E-state index in [0.717, 1.165) is 42.3 Å². The highest BCUT2D eigenvalue weighted by molar-refractivity contribution is 5.91. The van der Waals surface area contributed by atoms with Gasteiger partial charge in [-0.3, -0.25) is 0 Å². The molecule has 0 bridgehead atoms. The summed E-state index contributed by atoms with van der Waals surface area (Å²) in [6.45, 7) is 29.5. The lowest BCUT2D eigenvalue weighted by molar-refractivity contribution is 0.208. The standard InChI is InChI=1S/C39H49NO.C2H7N.C2H6/c1-22(2)36-23(3)17-30-19-29-20-33-34(40(9)10)21-32(35-16-15-31(41-35)18-28-13-11-12-14-28)24(4)37(33)25(5)38(29)27(7)39(30,8)26(36)6;1-3-2;1-2/h15-16,21,28-30H,1,5-6,11-14,17-20H2,2-4,7-10H3;3H,1-2H3;1-2H3/t29-,30-,39+;;/m1../s1. The van der Waals surface area contributed by atoms with E-state index in [0.29, 0.717) is 11.8 Å². The molecule has 1 heterocycles. The quantitative estimate of drug-likeness (QED) is 0.360. The molecule has 1 aromatic heterocycles. The number of anilines is 1. The zero-order valence-electron chi connectivity index (χ0n) is 31.1. The minimum Gasteiger partial charge on any atom is -0.461 e. The molecule has 0 aliphatic heterocycles. The van der Waals surface area contributed by atoms with Gasteiger partial charge in [-0.1, -0.05) is 82.9 Å². The van der Waals surface area contributed by atoms with Crippen molar-refractivity contribution in [3.63, 3.8) is 0 Å². The van der Waals surface area contributed by atoms with Crippen molar-refractivity contribution in [2.45, 2.75) is 99.8 Å². The molecule has 0 unspecified atom stereocenters. The first-order valence-electron chi connectivity index (χ1n) is 17.8. The number of nitrogens with zero attached hydrogens (tertiary/aromatic N) is 1. The monoisotopic (exact) mass is 622 g/mol. The van der Waals surface area contributed by atoms with Gasteiger partial charge in [-0.25, -0.2) is 0 Å². The van der Waals surface area contributed by atoms with E-state index >= 15 is 0 Å². The molecule has 3 nitrogen and oxygen atoms in total. The van der Waals surface area contributed by atoms with E-state index in [9.17, 15) is 0 Å². The first-order valence-corrected chi connectivity index (χ1v) is 17.8. The Hall–Kier alpha value is -3.04. The third-order valence-corrected chi connectivity index (χ3v) is 11.4. The molecule has 0 spiro atoms. The van der Waals surface area contributed by atoms with Gasteiger partial charge in [0.15, 0.2) is 0 Å². The first-order chi connectivity index (χ1) is 21.8. The van der Waals surface area contributed by atoms with Crippen molar-refractivity contribution >= 4 is 11.3 Å². The molecule has 3 heteroatoms. The van der Waals surface area contributed by atoms with Crippen molar-refractivity contribution in [3.05, 3.63) is 93.8 Å². The Labute approximate surface area is 281 Å². The molecule has 0 saturated heterocycles. The molecular formula is C43H62N2O. The van der Waals surface area contributed by atoms with Crippen molar-refractivity contribution < 1.29 is 4.42 Å². The predicted octanol–water partition coefficient (Wildman–Crippen LogP) is 11.3. The summed E-state index contributed by atoms with van der Waals surface area (Å²) < 4.78 is 6.56. The predicted molar refractivity (Wildman–Crippen MR) is 202 cm³/mol. The van der Waals surface area contributed by atoms with E-state index in [2.05, 4.69) is 83.7 Å². The second-order valence-corrected chi connectivity index (χ2v) is 14.6. The molecule has 4 aliphatic rings. The Kier molecular flexibility index (Phi) is 11.2. The van der Waals surface area contributed by atoms with Crippen LogP contribution >= 0.6 is 0 Å². The normalized spacial score (nSPS) is 24.0. The van der Waals surface area contributed by atoms with Crippen LogP contribution in [0.5, 0.6) is 0 Å². The number of benzene rings is 1. The number of fused-ring (bicyclic) bond motifs is 3. The van der Waals surface area contributed by atoms with E-state index in [1.165, 1.54) is 93.5 Å². The number of furan rings is 1. The topological polar surface area (TPSA) is 28.4 Å². The molecule has 46 heavy (non-hydrogen) atoms. The van der Waals surface area contributed by atoms with Crippen molar-refractivity contribution in [1.82, 2.24) is 5.32 Å². The Bertz CT molecular complexity index is 1550. The van der Waals surface area contributed by atoms with Crippen LogP contribution in [0, 0.1) is 30.1 Å². The van der Waals surface area contributed by atoms with Gasteiger partial charge in [0.2, 0.25) is 0 Å². The summed E-state index contributed by atoms with van der Waals surface area (Å²) in [5.74, 6) is 3.95. The summed E-state index contributed by atoms with van der Waals surface area (Å²) in [6, 6.07) is 6.79. The van der Waals surface area contributed by atoms with Crippen LogP contribution in [0.2, 0.25) is 0 Å². The number of nitrogens with one attached hydrogen (secondary N) is 1. The maximum atomic E-state index is 6.56. The number of hydrogen-bond acceptors (Lipinski definition) is 3. The second kappa shape index (κ2) is 14.4. The van der Waals surface area contributed by atoms with Gasteiger partial charge < -0.3 is 14.6 Å². The van der Waals surface area contributed by atoms with Gasteiger partial charge in [-0.2, -0.15) is 0 Å². The minimum atomic E-state index is -0.0634. The Morgan fingerprint density at radius 3 is 2.26 bits per heavy atom. The average molecular weight is 623 g/mol. The summed E-state index contributed by atoms with van der Waals surface area (Å²) in [4.78, 5) is 2.29. The van der Waals surface area contributed by atoms with Gasteiger partial charge in [-0.05, 0) is 136 Å². The fraction of sp³-hybridized carbons (Fsp3) is 0.535. The first kappa shape index (κ1) is 35.8. The molecular weight excluding hydrogens is 560 g/mol. The van der Waals surface area contributed by atoms with Gasteiger partial charge in [0.25, 0.3) is 0 Å². The van der Waals surface area contributed by atoms with Crippen molar-refractivity contribution in [1.29, 1.82) is 0 Å². The summed E-state index contributed by atoms with van der Waals surface area (Å²) >= 11 is 0. The van der Waals surface area contributed by atoms with Crippen LogP contribution in [0.25, 0.3) is 16.9 Å². The number of allylic oxidation sites excluding steroid dienone is 7. The Balaban J connectivity index is 0.000000908. The van der Waals surface area contributed by atoms with Crippen LogP contribution in [-0.4, -0.2) is 28.2 Å². The second-order valence-electron chi connectivity index (χ2n) is 14.6. The zero-order valence-corrected chi connectivity index (χ0v) is 31.1. The number of rotatable bonds is 5. The van der Waals surface area contributed by atoms with Crippen LogP contribution in [0.4, 0.5) is 5.69 Å². The van der Waals surface area contributed by atoms with E-state index in [-0.39, 0.29) is 5.41 Å². The van der Waals surface area contributed by atoms with E-state index in [1.807, 2.05) is 27.9 Å². The zero-order chi connectivity index (χ0) is 34.1. The lowest BCUT2D eigenvalue weighted by atomic mass is 9.51. The fourth-order valence-electron chi connectivity index (χ4n) is 9.22. The van der Waals surface area contributed by atoms with Crippen molar-refractivity contribution in [3.8, 4) is 11.3 Å². The molecule has 1 N–H and O–H groups in total. The van der Waals surface area contributed by atoms with E-state index < -0.39 is 0 Å². The average Bonchev–Trinajstić information content (AvgIpc) is 3.69. The van der Waals surface area contributed by atoms with Gasteiger partial charge in [-0.15, -0.1) is 0 Å². The molecule has 1 fully saturated rings. The third-order valence-electron chi connectivity index (χ3n) is 11.4. The van der Waals surface area contributed by atoms with Gasteiger partial charge >= 0.3 is 0 Å². The fourth-order valence-corrected chi connectivity index (χ4v) is 9.22. The number of hydrogen-bond donors (Lipinski definition) is 1. The summed E-state index contributed by atoms with van der Waals surface area (Å²) in [7, 11) is 8.11. The highest BCUT2D eigenvalue weighted by Crippen LogP contribution is 2.62. The Morgan fingerprint density at radius 1 is 1.04 bits per heavy atom. The Morgan fingerprint density at radius 2 is 1.67 bits per heavy atom. The highest BCUT2D eigenvalue weighted by Gasteiger charge is 2.50. The largest absolute Gasteiger partial charge is 0.461 e. The molecule has 250 valence electrons. The molecule has 6 rings (SSSR count). The molecule has 1 saturated carbocycles. The smallest absolute Gasteiger partial charge is 0.134 e. The third kappa shape index (κ3) is 6.17. The lowest BCUT2D eigenvalue weighted by Gasteiger charge is -2.53. The van der Waals surface area contributed by atoms with Crippen LogP contribution in [0.3, 0.4) is 0 Å². The van der Waals surface area contributed by atoms with Gasteiger partial charge in [0, 0.05) is 37.2 Å². The van der Waals surface area contributed by atoms with Gasteiger partial charge in [0.05, 0.1) is 0 Å². The molecule has 0 amide bonds. The van der Waals surface area contributed by atoms with E-state index in [4.69, 9.17) is 17.6 Å². The van der Waals surface area contributed by atoms with Crippen LogP contribution in [0.1, 0.15) is 103 Å². The molecule has 3 atom stereocenters. The minimum absolute atomic E-state index is 0.0634. The van der Waals surface area contributed by atoms with Crippen LogP contribution in [0.15, 0.2) is 75.8 Å². The SMILES string of the molecule is C=C(C)C1=C(C)C[C@@H]2C[C@@H]3Cc4c(N(C)C)cc(-c5ccc(CC6CCCC6)o5)c(C)c4C(=C)C3=C(C)[C@]2(C)C1=C.CC.CNC. The highest BCUT2D eigenvalue weighted by atomic mass is 16.3. The maximum Gasteiger partial charge on any atom is 0.134 e.